The molecule has 1 saturated carbocycles. The molecule has 3 aromatic rings. The van der Waals surface area contributed by atoms with Crippen molar-refractivity contribution >= 4 is 10.0 Å². The molecule has 0 spiro atoms. The molecule has 0 radical (unpaired) electrons. The lowest BCUT2D eigenvalue weighted by atomic mass is 10.4. The SMILES string of the molecule is O=S(=O)(NCCc1nc(-c2n[nH]c(C3CC3)n2)no1)c1ccccc1. The molecule has 0 saturated heterocycles. The fourth-order valence-corrected chi connectivity index (χ4v) is 3.39. The minimum Gasteiger partial charge on any atom is -0.339 e. The van der Waals surface area contributed by atoms with Crippen LogP contribution in [0.15, 0.2) is 39.8 Å². The van der Waals surface area contributed by atoms with Gasteiger partial charge in [0.1, 0.15) is 5.82 Å². The van der Waals surface area contributed by atoms with Crippen molar-refractivity contribution in [3.05, 3.63) is 42.0 Å². The van der Waals surface area contributed by atoms with Gasteiger partial charge >= 0.3 is 0 Å². The Kier molecular flexibility index (Phi) is 4.06. The predicted molar refractivity (Wildman–Crippen MR) is 87.0 cm³/mol. The average Bonchev–Trinajstić information content (AvgIpc) is 3.16. The summed E-state index contributed by atoms with van der Waals surface area (Å²) in [6.45, 7) is 0.153. The highest BCUT2D eigenvalue weighted by atomic mass is 32.2. The molecule has 0 bridgehead atoms. The molecule has 130 valence electrons. The van der Waals surface area contributed by atoms with E-state index < -0.39 is 10.0 Å². The number of rotatable bonds is 7. The average molecular weight is 360 g/mol. The first kappa shape index (κ1) is 15.9. The summed E-state index contributed by atoms with van der Waals surface area (Å²) in [5, 5.41) is 10.8. The van der Waals surface area contributed by atoms with Crippen LogP contribution < -0.4 is 4.72 Å². The van der Waals surface area contributed by atoms with E-state index in [1.165, 1.54) is 12.1 Å². The Labute approximate surface area is 143 Å². The molecule has 4 rings (SSSR count). The van der Waals surface area contributed by atoms with Gasteiger partial charge in [0.2, 0.25) is 27.6 Å². The largest absolute Gasteiger partial charge is 0.339 e. The van der Waals surface area contributed by atoms with Crippen LogP contribution in [0.2, 0.25) is 0 Å². The van der Waals surface area contributed by atoms with E-state index >= 15 is 0 Å². The highest BCUT2D eigenvalue weighted by Gasteiger charge is 2.28. The number of aromatic amines is 1. The lowest BCUT2D eigenvalue weighted by Gasteiger charge is -2.04. The third-order valence-corrected chi connectivity index (χ3v) is 5.30. The summed E-state index contributed by atoms with van der Waals surface area (Å²) >= 11 is 0. The lowest BCUT2D eigenvalue weighted by molar-refractivity contribution is 0.378. The minimum absolute atomic E-state index is 0.153. The van der Waals surface area contributed by atoms with E-state index in [4.69, 9.17) is 4.52 Å². The van der Waals surface area contributed by atoms with Gasteiger partial charge in [0.05, 0.1) is 4.90 Å². The van der Waals surface area contributed by atoms with Gasteiger partial charge in [-0.25, -0.2) is 18.1 Å². The van der Waals surface area contributed by atoms with Gasteiger partial charge < -0.3 is 4.52 Å². The summed E-state index contributed by atoms with van der Waals surface area (Å²) in [5.74, 6) is 2.31. The number of benzene rings is 1. The molecule has 0 atom stereocenters. The van der Waals surface area contributed by atoms with Gasteiger partial charge in [-0.3, -0.25) is 5.10 Å². The van der Waals surface area contributed by atoms with Crippen molar-refractivity contribution < 1.29 is 12.9 Å². The summed E-state index contributed by atoms with van der Waals surface area (Å²) in [6.07, 6.45) is 2.51. The Morgan fingerprint density at radius 2 is 1.96 bits per heavy atom. The highest BCUT2D eigenvalue weighted by molar-refractivity contribution is 7.89. The molecular weight excluding hydrogens is 344 g/mol. The van der Waals surface area contributed by atoms with Crippen molar-refractivity contribution in [1.82, 2.24) is 30.0 Å². The molecule has 1 fully saturated rings. The second-order valence-corrected chi connectivity index (χ2v) is 7.56. The van der Waals surface area contributed by atoms with Crippen molar-refractivity contribution in [2.24, 2.45) is 0 Å². The van der Waals surface area contributed by atoms with Crippen LogP contribution in [0.4, 0.5) is 0 Å². The molecule has 9 nitrogen and oxygen atoms in total. The van der Waals surface area contributed by atoms with Crippen LogP contribution in [0.5, 0.6) is 0 Å². The number of nitrogens with one attached hydrogen (secondary N) is 2. The van der Waals surface area contributed by atoms with Crippen LogP contribution in [-0.4, -0.2) is 40.3 Å². The van der Waals surface area contributed by atoms with Crippen LogP contribution >= 0.6 is 0 Å². The van der Waals surface area contributed by atoms with Crippen molar-refractivity contribution in [2.45, 2.75) is 30.1 Å². The Morgan fingerprint density at radius 1 is 1.16 bits per heavy atom. The van der Waals surface area contributed by atoms with Gasteiger partial charge in [-0.15, -0.1) is 5.10 Å². The van der Waals surface area contributed by atoms with E-state index in [0.717, 1.165) is 18.7 Å². The molecule has 10 heteroatoms. The maximum absolute atomic E-state index is 12.1. The van der Waals surface area contributed by atoms with Crippen molar-refractivity contribution in [2.75, 3.05) is 6.54 Å². The van der Waals surface area contributed by atoms with Crippen molar-refractivity contribution in [3.8, 4) is 11.6 Å². The number of sulfonamides is 1. The lowest BCUT2D eigenvalue weighted by Crippen LogP contribution is -2.26. The fraction of sp³-hybridized carbons (Fsp3) is 0.333. The fourth-order valence-electron chi connectivity index (χ4n) is 2.34. The molecule has 0 amide bonds. The zero-order valence-electron chi connectivity index (χ0n) is 13.2. The normalized spacial score (nSPS) is 14.7. The van der Waals surface area contributed by atoms with Gasteiger partial charge in [-0.05, 0) is 25.0 Å². The highest BCUT2D eigenvalue weighted by Crippen LogP contribution is 2.38. The smallest absolute Gasteiger partial charge is 0.242 e. The Bertz CT molecular complexity index is 962. The quantitative estimate of drug-likeness (QED) is 0.649. The zero-order valence-corrected chi connectivity index (χ0v) is 14.0. The minimum atomic E-state index is -3.54. The molecule has 1 aromatic carbocycles. The first-order chi connectivity index (χ1) is 12.1. The molecule has 2 aromatic heterocycles. The molecule has 1 aliphatic rings. The first-order valence-corrected chi connectivity index (χ1v) is 9.40. The maximum Gasteiger partial charge on any atom is 0.242 e. The first-order valence-electron chi connectivity index (χ1n) is 7.92. The molecule has 2 heterocycles. The molecule has 25 heavy (non-hydrogen) atoms. The second-order valence-electron chi connectivity index (χ2n) is 5.79. The van der Waals surface area contributed by atoms with Crippen LogP contribution in [-0.2, 0) is 16.4 Å². The monoisotopic (exact) mass is 360 g/mol. The Hall–Kier alpha value is -2.59. The number of H-pyrrole nitrogens is 1. The molecular formula is C15H16N6O3S. The van der Waals surface area contributed by atoms with Gasteiger partial charge in [0.25, 0.3) is 0 Å². The van der Waals surface area contributed by atoms with E-state index in [1.807, 2.05) is 0 Å². The van der Waals surface area contributed by atoms with E-state index in [9.17, 15) is 8.42 Å². The third-order valence-electron chi connectivity index (χ3n) is 3.82. The van der Waals surface area contributed by atoms with E-state index in [0.29, 0.717) is 23.5 Å². The van der Waals surface area contributed by atoms with E-state index in [2.05, 4.69) is 30.0 Å². The van der Waals surface area contributed by atoms with Gasteiger partial charge in [-0.1, -0.05) is 23.4 Å². The second kappa shape index (κ2) is 6.37. The number of hydrogen-bond acceptors (Lipinski definition) is 7. The van der Waals surface area contributed by atoms with Crippen molar-refractivity contribution in [3.63, 3.8) is 0 Å². The van der Waals surface area contributed by atoms with E-state index in [1.54, 1.807) is 18.2 Å². The summed E-state index contributed by atoms with van der Waals surface area (Å²) in [5.41, 5.74) is 0. The van der Waals surface area contributed by atoms with Gasteiger partial charge in [0.15, 0.2) is 0 Å². The number of nitrogens with zero attached hydrogens (tertiary/aromatic N) is 4. The Balaban J connectivity index is 1.36. The molecule has 0 aliphatic heterocycles. The van der Waals surface area contributed by atoms with E-state index in [-0.39, 0.29) is 17.9 Å². The molecule has 0 unspecified atom stereocenters. The summed E-state index contributed by atoms with van der Waals surface area (Å²) in [7, 11) is -3.54. The predicted octanol–water partition coefficient (Wildman–Crippen LogP) is 1.25. The summed E-state index contributed by atoms with van der Waals surface area (Å²) in [6, 6.07) is 8.18. The molecule has 1 aliphatic carbocycles. The third kappa shape index (κ3) is 3.59. The van der Waals surface area contributed by atoms with Crippen LogP contribution in [0.1, 0.15) is 30.5 Å². The number of hydrogen-bond donors (Lipinski definition) is 2. The van der Waals surface area contributed by atoms with Gasteiger partial charge in [-0.2, -0.15) is 4.98 Å². The van der Waals surface area contributed by atoms with Crippen LogP contribution in [0.25, 0.3) is 11.6 Å². The molecule has 2 N–H and O–H groups in total. The van der Waals surface area contributed by atoms with Crippen LogP contribution in [0.3, 0.4) is 0 Å². The van der Waals surface area contributed by atoms with Crippen molar-refractivity contribution in [1.29, 1.82) is 0 Å². The Morgan fingerprint density at radius 3 is 2.72 bits per heavy atom. The maximum atomic E-state index is 12.1. The zero-order chi connectivity index (χ0) is 17.3. The van der Waals surface area contributed by atoms with Crippen LogP contribution in [0, 0.1) is 0 Å². The topological polar surface area (TPSA) is 127 Å². The standard InChI is InChI=1S/C15H16N6O3S/c22-25(23,11-4-2-1-3-5-11)16-9-8-12-17-15(21-24-12)14-18-13(19-20-14)10-6-7-10/h1-5,10,16H,6-9H2,(H,18,19,20). The summed E-state index contributed by atoms with van der Waals surface area (Å²) < 4.78 is 31.9. The summed E-state index contributed by atoms with van der Waals surface area (Å²) in [4.78, 5) is 8.78. The van der Waals surface area contributed by atoms with Gasteiger partial charge in [0, 0.05) is 18.9 Å². The number of aromatic nitrogens is 5.